The van der Waals surface area contributed by atoms with Crippen LogP contribution in [0.25, 0.3) is 16.9 Å². The van der Waals surface area contributed by atoms with Gasteiger partial charge in [-0.05, 0) is 37.1 Å². The van der Waals surface area contributed by atoms with E-state index < -0.39 is 12.1 Å². The molecule has 0 saturated heterocycles. The van der Waals surface area contributed by atoms with Crippen molar-refractivity contribution in [2.45, 2.75) is 26.9 Å². The molecule has 3 aromatic rings. The molecule has 1 atom stereocenters. The molecule has 3 rings (SSSR count). The van der Waals surface area contributed by atoms with Gasteiger partial charge in [0.25, 0.3) is 5.91 Å². The Hall–Kier alpha value is -3.61. The summed E-state index contributed by atoms with van der Waals surface area (Å²) in [5.74, 6) is -0.0858. The van der Waals surface area contributed by atoms with Gasteiger partial charge in [-0.1, -0.05) is 44.2 Å². The minimum absolute atomic E-state index is 0.247. The van der Waals surface area contributed by atoms with E-state index in [0.717, 1.165) is 5.69 Å². The largest absolute Gasteiger partial charge is 0.496 e. The average molecular weight is 421 g/mol. The second kappa shape index (κ2) is 9.93. The standard InChI is InChI=1S/C24H27N3O4/c1-16(2)14-25-23(28)17(3)31-24(29)20-15-27(18-10-6-5-7-11-18)26-22(20)19-12-8-9-13-21(19)30-4/h5-13,15-17H,14H2,1-4H3,(H,25,28)/t17-/m0/s1. The molecule has 0 spiro atoms. The van der Waals surface area contributed by atoms with Crippen LogP contribution in [0, 0.1) is 5.92 Å². The summed E-state index contributed by atoms with van der Waals surface area (Å²) in [6.45, 7) is 6.06. The Morgan fingerprint density at radius 1 is 1.03 bits per heavy atom. The van der Waals surface area contributed by atoms with E-state index in [1.807, 2.05) is 62.4 Å². The summed E-state index contributed by atoms with van der Waals surface area (Å²) in [5.41, 5.74) is 2.11. The maximum absolute atomic E-state index is 13.0. The maximum atomic E-state index is 13.0. The summed E-state index contributed by atoms with van der Waals surface area (Å²) >= 11 is 0. The zero-order chi connectivity index (χ0) is 22.4. The second-order valence-corrected chi connectivity index (χ2v) is 7.56. The molecule has 162 valence electrons. The van der Waals surface area contributed by atoms with Crippen LogP contribution in [0.2, 0.25) is 0 Å². The predicted molar refractivity (Wildman–Crippen MR) is 118 cm³/mol. The first-order valence-electron chi connectivity index (χ1n) is 10.2. The van der Waals surface area contributed by atoms with Crippen LogP contribution in [0.1, 0.15) is 31.1 Å². The first-order chi connectivity index (χ1) is 14.9. The summed E-state index contributed by atoms with van der Waals surface area (Å²) in [6.07, 6.45) is 0.676. The van der Waals surface area contributed by atoms with Gasteiger partial charge in [0.2, 0.25) is 0 Å². The van der Waals surface area contributed by atoms with Crippen LogP contribution >= 0.6 is 0 Å². The molecular weight excluding hydrogens is 394 g/mol. The van der Waals surface area contributed by atoms with Crippen molar-refractivity contribution in [1.29, 1.82) is 0 Å². The fraction of sp³-hybridized carbons (Fsp3) is 0.292. The first kappa shape index (κ1) is 22.1. The topological polar surface area (TPSA) is 82.5 Å². The van der Waals surface area contributed by atoms with Crippen LogP contribution in [0.3, 0.4) is 0 Å². The Kier molecular flexibility index (Phi) is 7.07. The molecule has 1 N–H and O–H groups in total. The summed E-state index contributed by atoms with van der Waals surface area (Å²) in [6, 6.07) is 16.8. The Balaban J connectivity index is 1.95. The fourth-order valence-electron chi connectivity index (χ4n) is 3.00. The van der Waals surface area contributed by atoms with Gasteiger partial charge in [0, 0.05) is 18.3 Å². The van der Waals surface area contributed by atoms with Crippen molar-refractivity contribution in [2.24, 2.45) is 5.92 Å². The number of methoxy groups -OCH3 is 1. The van der Waals surface area contributed by atoms with E-state index >= 15 is 0 Å². The zero-order valence-electron chi connectivity index (χ0n) is 18.2. The number of carbonyl (C=O) groups excluding carboxylic acids is 2. The smallest absolute Gasteiger partial charge is 0.342 e. The van der Waals surface area contributed by atoms with Crippen LogP contribution in [-0.2, 0) is 9.53 Å². The molecule has 0 radical (unpaired) electrons. The van der Waals surface area contributed by atoms with Gasteiger partial charge in [-0.15, -0.1) is 0 Å². The van der Waals surface area contributed by atoms with Gasteiger partial charge in [0.1, 0.15) is 17.0 Å². The Bertz CT molecular complexity index is 1040. The van der Waals surface area contributed by atoms with E-state index in [1.165, 1.54) is 0 Å². The number of hydrogen-bond acceptors (Lipinski definition) is 5. The quantitative estimate of drug-likeness (QED) is 0.559. The highest BCUT2D eigenvalue weighted by atomic mass is 16.5. The molecular formula is C24H27N3O4. The van der Waals surface area contributed by atoms with Gasteiger partial charge in [-0.2, -0.15) is 5.10 Å². The minimum Gasteiger partial charge on any atom is -0.496 e. The summed E-state index contributed by atoms with van der Waals surface area (Å²) in [7, 11) is 1.56. The molecule has 0 saturated carbocycles. The van der Waals surface area contributed by atoms with Crippen LogP contribution in [-0.4, -0.2) is 41.4 Å². The number of aromatic nitrogens is 2. The molecule has 0 bridgehead atoms. The molecule has 0 unspecified atom stereocenters. The van der Waals surface area contributed by atoms with E-state index in [9.17, 15) is 9.59 Å². The van der Waals surface area contributed by atoms with Crippen molar-refractivity contribution < 1.29 is 19.1 Å². The number of nitrogens with one attached hydrogen (secondary N) is 1. The molecule has 1 amide bonds. The van der Waals surface area contributed by atoms with E-state index in [2.05, 4.69) is 10.4 Å². The maximum Gasteiger partial charge on any atom is 0.342 e. The number of para-hydroxylation sites is 2. The van der Waals surface area contributed by atoms with Crippen molar-refractivity contribution in [3.63, 3.8) is 0 Å². The summed E-state index contributed by atoms with van der Waals surface area (Å²) in [5, 5.41) is 7.40. The lowest BCUT2D eigenvalue weighted by Gasteiger charge is -2.14. The van der Waals surface area contributed by atoms with E-state index in [1.54, 1.807) is 31.0 Å². The normalized spacial score (nSPS) is 11.8. The second-order valence-electron chi connectivity index (χ2n) is 7.56. The lowest BCUT2D eigenvalue weighted by atomic mass is 10.1. The van der Waals surface area contributed by atoms with Crippen LogP contribution < -0.4 is 10.1 Å². The molecule has 31 heavy (non-hydrogen) atoms. The molecule has 1 aromatic heterocycles. The molecule has 0 fully saturated rings. The number of hydrogen-bond donors (Lipinski definition) is 1. The number of amides is 1. The summed E-state index contributed by atoms with van der Waals surface area (Å²) in [4.78, 5) is 25.3. The SMILES string of the molecule is COc1ccccc1-c1nn(-c2ccccc2)cc1C(=O)O[C@@H](C)C(=O)NCC(C)C. The van der Waals surface area contributed by atoms with E-state index in [-0.39, 0.29) is 11.5 Å². The first-order valence-corrected chi connectivity index (χ1v) is 10.2. The third kappa shape index (κ3) is 5.31. The highest BCUT2D eigenvalue weighted by molar-refractivity contribution is 5.98. The Labute approximate surface area is 182 Å². The Morgan fingerprint density at radius 2 is 1.71 bits per heavy atom. The van der Waals surface area contributed by atoms with Crippen molar-refractivity contribution in [1.82, 2.24) is 15.1 Å². The Morgan fingerprint density at radius 3 is 2.39 bits per heavy atom. The predicted octanol–water partition coefficient (Wildman–Crippen LogP) is 3.87. The summed E-state index contributed by atoms with van der Waals surface area (Å²) < 4.78 is 12.5. The highest BCUT2D eigenvalue weighted by Gasteiger charge is 2.25. The molecule has 7 heteroatoms. The molecule has 7 nitrogen and oxygen atoms in total. The van der Waals surface area contributed by atoms with Crippen molar-refractivity contribution in [3.8, 4) is 22.7 Å². The van der Waals surface area contributed by atoms with E-state index in [0.29, 0.717) is 29.5 Å². The van der Waals surface area contributed by atoms with E-state index in [4.69, 9.17) is 9.47 Å². The number of ether oxygens (including phenoxy) is 2. The molecule has 1 heterocycles. The van der Waals surface area contributed by atoms with Crippen molar-refractivity contribution >= 4 is 11.9 Å². The fourth-order valence-corrected chi connectivity index (χ4v) is 3.00. The van der Waals surface area contributed by atoms with Gasteiger partial charge < -0.3 is 14.8 Å². The van der Waals surface area contributed by atoms with Gasteiger partial charge in [-0.3, -0.25) is 4.79 Å². The number of esters is 1. The molecule has 0 aliphatic rings. The molecule has 2 aromatic carbocycles. The number of nitrogens with zero attached hydrogens (tertiary/aromatic N) is 2. The lowest BCUT2D eigenvalue weighted by molar-refractivity contribution is -0.129. The van der Waals surface area contributed by atoms with Crippen molar-refractivity contribution in [2.75, 3.05) is 13.7 Å². The number of benzene rings is 2. The van der Waals surface area contributed by atoms with Gasteiger partial charge >= 0.3 is 5.97 Å². The third-order valence-electron chi connectivity index (χ3n) is 4.65. The molecule has 0 aliphatic carbocycles. The van der Waals surface area contributed by atoms with Crippen LogP contribution in [0.4, 0.5) is 0 Å². The highest BCUT2D eigenvalue weighted by Crippen LogP contribution is 2.32. The lowest BCUT2D eigenvalue weighted by Crippen LogP contribution is -2.37. The molecule has 0 aliphatic heterocycles. The third-order valence-corrected chi connectivity index (χ3v) is 4.65. The van der Waals surface area contributed by atoms with Gasteiger partial charge in [0.15, 0.2) is 6.10 Å². The van der Waals surface area contributed by atoms with Gasteiger partial charge in [-0.25, -0.2) is 9.48 Å². The van der Waals surface area contributed by atoms with Crippen molar-refractivity contribution in [3.05, 3.63) is 66.4 Å². The monoisotopic (exact) mass is 421 g/mol. The minimum atomic E-state index is -0.933. The van der Waals surface area contributed by atoms with Crippen LogP contribution in [0.5, 0.6) is 5.75 Å². The average Bonchev–Trinajstić information content (AvgIpc) is 3.23. The van der Waals surface area contributed by atoms with Gasteiger partial charge in [0.05, 0.1) is 12.8 Å². The zero-order valence-corrected chi connectivity index (χ0v) is 18.2. The number of carbonyl (C=O) groups is 2. The van der Waals surface area contributed by atoms with Crippen LogP contribution in [0.15, 0.2) is 60.8 Å². The number of rotatable bonds is 8.